The number of methoxy groups -OCH3 is 1. The van der Waals surface area contributed by atoms with Crippen molar-refractivity contribution in [1.82, 2.24) is 4.98 Å². The first-order valence-electron chi connectivity index (χ1n) is 5.92. The lowest BCUT2D eigenvalue weighted by Gasteiger charge is -2.02. The minimum Gasteiger partial charge on any atom is -0.497 e. The van der Waals surface area contributed by atoms with E-state index in [4.69, 9.17) is 4.74 Å². The molecular weight excluding hydrogens is 259 g/mol. The van der Waals surface area contributed by atoms with Crippen molar-refractivity contribution in [2.45, 2.75) is 0 Å². The number of carbonyl (C=O) groups excluding carboxylic acids is 1. The summed E-state index contributed by atoms with van der Waals surface area (Å²) in [5.74, 6) is -0.103. The van der Waals surface area contributed by atoms with E-state index in [0.717, 1.165) is 17.5 Å². The Morgan fingerprint density at radius 2 is 2.00 bits per heavy atom. The molecule has 1 aromatic carbocycles. The van der Waals surface area contributed by atoms with Crippen molar-refractivity contribution in [3.05, 3.63) is 66.4 Å². The first-order valence-corrected chi connectivity index (χ1v) is 5.92. The van der Waals surface area contributed by atoms with Gasteiger partial charge in [-0.3, -0.25) is 4.79 Å². The number of pyridine rings is 1. The molecule has 0 saturated heterocycles. The Morgan fingerprint density at radius 1 is 1.25 bits per heavy atom. The van der Waals surface area contributed by atoms with Gasteiger partial charge in [-0.25, -0.2) is 4.98 Å². The number of rotatable bonds is 5. The molecule has 0 aliphatic heterocycles. The van der Waals surface area contributed by atoms with Crippen LogP contribution < -0.4 is 10.1 Å². The smallest absolute Gasteiger partial charge is 0.212 e. The molecule has 0 saturated carbocycles. The van der Waals surface area contributed by atoms with Crippen molar-refractivity contribution in [1.29, 1.82) is 0 Å². The van der Waals surface area contributed by atoms with Crippen molar-refractivity contribution in [3.8, 4) is 5.75 Å². The molecule has 0 spiro atoms. The first-order chi connectivity index (χ1) is 9.69. The van der Waals surface area contributed by atoms with Crippen LogP contribution in [0.4, 0.5) is 10.1 Å². The van der Waals surface area contributed by atoms with E-state index in [2.05, 4.69) is 10.3 Å². The Balaban J connectivity index is 1.95. The maximum absolute atomic E-state index is 12.6. The summed E-state index contributed by atoms with van der Waals surface area (Å²) in [6, 6.07) is 9.81. The summed E-state index contributed by atoms with van der Waals surface area (Å²) in [5.41, 5.74) is 1.16. The van der Waals surface area contributed by atoms with Gasteiger partial charge in [-0.2, -0.15) is 4.39 Å². The zero-order valence-electron chi connectivity index (χ0n) is 10.8. The maximum atomic E-state index is 12.6. The predicted molar refractivity (Wildman–Crippen MR) is 74.3 cm³/mol. The fourth-order valence-electron chi connectivity index (χ4n) is 1.52. The van der Waals surface area contributed by atoms with Crippen LogP contribution in [0.2, 0.25) is 0 Å². The van der Waals surface area contributed by atoms with Crippen LogP contribution in [0.15, 0.2) is 54.9 Å². The van der Waals surface area contributed by atoms with Gasteiger partial charge in [-0.05, 0) is 36.4 Å². The summed E-state index contributed by atoms with van der Waals surface area (Å²) >= 11 is 0. The van der Waals surface area contributed by atoms with Gasteiger partial charge in [0.15, 0.2) is 5.78 Å². The van der Waals surface area contributed by atoms with E-state index in [1.165, 1.54) is 24.5 Å². The maximum Gasteiger partial charge on any atom is 0.212 e. The number of nitrogens with one attached hydrogen (secondary N) is 1. The van der Waals surface area contributed by atoms with E-state index >= 15 is 0 Å². The van der Waals surface area contributed by atoms with Crippen LogP contribution in [0.5, 0.6) is 5.75 Å². The first kappa shape index (κ1) is 13.7. The number of hydrogen-bond donors (Lipinski definition) is 1. The number of aromatic nitrogens is 1. The Labute approximate surface area is 115 Å². The summed E-state index contributed by atoms with van der Waals surface area (Å²) in [6.45, 7) is 0. The van der Waals surface area contributed by atoms with E-state index in [0.29, 0.717) is 5.56 Å². The Bertz CT molecular complexity index is 607. The number of ether oxygens (including phenoxy) is 1. The highest BCUT2D eigenvalue weighted by Crippen LogP contribution is 2.14. The fourth-order valence-corrected chi connectivity index (χ4v) is 1.52. The summed E-state index contributed by atoms with van der Waals surface area (Å²) < 4.78 is 17.7. The van der Waals surface area contributed by atoms with Gasteiger partial charge >= 0.3 is 0 Å². The summed E-state index contributed by atoms with van der Waals surface area (Å²) in [4.78, 5) is 15.2. The standard InChI is InChI=1S/C15H13FN2O2/c1-20-13-5-3-12(4-6-13)17-9-8-14(19)11-2-7-15(16)18-10-11/h2-10,17H,1H3. The van der Waals surface area contributed by atoms with Crippen LogP contribution in [-0.4, -0.2) is 17.9 Å². The van der Waals surface area contributed by atoms with Crippen molar-refractivity contribution in [2.24, 2.45) is 0 Å². The third-order valence-corrected chi connectivity index (χ3v) is 2.59. The Hall–Kier alpha value is -2.69. The van der Waals surface area contributed by atoms with Gasteiger partial charge in [-0.15, -0.1) is 0 Å². The minimum atomic E-state index is -0.609. The number of benzene rings is 1. The van der Waals surface area contributed by atoms with Gasteiger partial charge in [0.05, 0.1) is 7.11 Å². The summed E-state index contributed by atoms with van der Waals surface area (Å²) in [7, 11) is 1.59. The van der Waals surface area contributed by atoms with Crippen molar-refractivity contribution in [3.63, 3.8) is 0 Å². The highest BCUT2D eigenvalue weighted by atomic mass is 19.1. The quantitative estimate of drug-likeness (QED) is 0.516. The number of ketones is 1. The number of halogens is 1. The monoisotopic (exact) mass is 272 g/mol. The predicted octanol–water partition coefficient (Wildman–Crippen LogP) is 3.04. The summed E-state index contributed by atoms with van der Waals surface area (Å²) in [5, 5.41) is 2.96. The molecule has 0 aliphatic rings. The third kappa shape index (κ3) is 3.65. The van der Waals surface area contributed by atoms with Gasteiger partial charge in [0, 0.05) is 29.7 Å². The third-order valence-electron chi connectivity index (χ3n) is 2.59. The lowest BCUT2D eigenvalue weighted by Crippen LogP contribution is -1.97. The molecule has 1 N–H and O–H groups in total. The lowest BCUT2D eigenvalue weighted by molar-refractivity contribution is 0.104. The van der Waals surface area contributed by atoms with Crippen LogP contribution in [0.1, 0.15) is 10.4 Å². The van der Waals surface area contributed by atoms with Gasteiger partial charge in [0.25, 0.3) is 0 Å². The normalized spacial score (nSPS) is 10.5. The molecule has 0 unspecified atom stereocenters. The number of anilines is 1. The largest absolute Gasteiger partial charge is 0.497 e. The van der Waals surface area contributed by atoms with E-state index in [-0.39, 0.29) is 5.78 Å². The molecule has 0 fully saturated rings. The molecule has 0 atom stereocenters. The topological polar surface area (TPSA) is 51.2 Å². The van der Waals surface area contributed by atoms with Crippen molar-refractivity contribution < 1.29 is 13.9 Å². The average Bonchev–Trinajstić information content (AvgIpc) is 2.48. The van der Waals surface area contributed by atoms with Crippen molar-refractivity contribution >= 4 is 11.5 Å². The second kappa shape index (κ2) is 6.47. The zero-order chi connectivity index (χ0) is 14.4. The molecule has 0 amide bonds. The van der Waals surface area contributed by atoms with Crippen LogP contribution in [0.25, 0.3) is 0 Å². The van der Waals surface area contributed by atoms with E-state index < -0.39 is 5.95 Å². The lowest BCUT2D eigenvalue weighted by atomic mass is 10.2. The number of carbonyl (C=O) groups is 1. The second-order valence-corrected chi connectivity index (χ2v) is 3.94. The molecule has 20 heavy (non-hydrogen) atoms. The Morgan fingerprint density at radius 3 is 2.60 bits per heavy atom. The molecule has 5 heteroatoms. The molecule has 2 rings (SSSR count). The van der Waals surface area contributed by atoms with E-state index in [1.54, 1.807) is 7.11 Å². The number of hydrogen-bond acceptors (Lipinski definition) is 4. The number of allylic oxidation sites excluding steroid dienone is 1. The SMILES string of the molecule is COc1ccc(NC=CC(=O)c2ccc(F)nc2)cc1. The Kier molecular flexibility index (Phi) is 4.44. The van der Waals surface area contributed by atoms with Crippen molar-refractivity contribution in [2.75, 3.05) is 12.4 Å². The number of nitrogens with zero attached hydrogens (tertiary/aromatic N) is 1. The molecule has 0 aliphatic carbocycles. The highest BCUT2D eigenvalue weighted by Gasteiger charge is 2.02. The molecular formula is C15H13FN2O2. The molecule has 0 bridgehead atoms. The fraction of sp³-hybridized carbons (Fsp3) is 0.0667. The van der Waals surface area contributed by atoms with Crippen LogP contribution >= 0.6 is 0 Å². The molecule has 1 aromatic heterocycles. The molecule has 0 radical (unpaired) electrons. The van der Waals surface area contributed by atoms with E-state index in [9.17, 15) is 9.18 Å². The molecule has 1 heterocycles. The van der Waals surface area contributed by atoms with Gasteiger partial charge in [0.2, 0.25) is 5.95 Å². The van der Waals surface area contributed by atoms with Gasteiger partial charge in [0.1, 0.15) is 5.75 Å². The molecule has 2 aromatic rings. The van der Waals surface area contributed by atoms with Gasteiger partial charge < -0.3 is 10.1 Å². The summed E-state index contributed by atoms with van der Waals surface area (Å²) in [6.07, 6.45) is 4.09. The van der Waals surface area contributed by atoms with Crippen LogP contribution in [0, 0.1) is 5.95 Å². The zero-order valence-corrected chi connectivity index (χ0v) is 10.8. The second-order valence-electron chi connectivity index (χ2n) is 3.94. The minimum absolute atomic E-state index is 0.251. The average molecular weight is 272 g/mol. The van der Waals surface area contributed by atoms with Crippen LogP contribution in [0.3, 0.4) is 0 Å². The van der Waals surface area contributed by atoms with Crippen LogP contribution in [-0.2, 0) is 0 Å². The van der Waals surface area contributed by atoms with Gasteiger partial charge in [-0.1, -0.05) is 0 Å². The molecule has 4 nitrogen and oxygen atoms in total. The highest BCUT2D eigenvalue weighted by molar-refractivity contribution is 6.04. The van der Waals surface area contributed by atoms with E-state index in [1.807, 2.05) is 24.3 Å². The molecule has 102 valence electrons.